The minimum Gasteiger partial charge on any atom is -0.494 e. The van der Waals surface area contributed by atoms with Gasteiger partial charge < -0.3 is 30.1 Å². The minimum atomic E-state index is -0.832. The molecule has 3 N–H and O–H groups in total. The molecule has 0 spiro atoms. The summed E-state index contributed by atoms with van der Waals surface area (Å²) >= 11 is 0. The molecule has 1 aliphatic heterocycles. The Kier molecular flexibility index (Phi) is 9.78. The number of carboxylic acid groups (broad SMARTS) is 1. The normalized spacial score (nSPS) is 14.7. The van der Waals surface area contributed by atoms with Crippen molar-refractivity contribution in [1.82, 2.24) is 0 Å². The zero-order valence-corrected chi connectivity index (χ0v) is 20.9. The van der Waals surface area contributed by atoms with E-state index in [9.17, 15) is 14.7 Å². The molecule has 1 aliphatic rings. The quantitative estimate of drug-likeness (QED) is 0.379. The highest BCUT2D eigenvalue weighted by molar-refractivity contribution is 6.02. The van der Waals surface area contributed by atoms with Crippen molar-refractivity contribution < 1.29 is 24.2 Å². The Labute approximate surface area is 207 Å². The number of urea groups is 1. The summed E-state index contributed by atoms with van der Waals surface area (Å²) < 4.78 is 11.0. The van der Waals surface area contributed by atoms with Crippen LogP contribution < -0.4 is 20.3 Å². The fourth-order valence-electron chi connectivity index (χ4n) is 4.57. The van der Waals surface area contributed by atoms with E-state index >= 15 is 0 Å². The van der Waals surface area contributed by atoms with Gasteiger partial charge in [-0.3, -0.25) is 4.79 Å². The first-order valence-electron chi connectivity index (χ1n) is 12.5. The van der Waals surface area contributed by atoms with Crippen LogP contribution in [0, 0.1) is 0 Å². The maximum Gasteiger partial charge on any atom is 0.323 e. The SMILES string of the molecule is CCOc1ccc(NC(=O)Nc2cc([C@H](CC)CC(=O)O)ccc2N(CC)C2CCOCC2)cc1. The highest BCUT2D eigenvalue weighted by Crippen LogP contribution is 2.35. The third-order valence-corrected chi connectivity index (χ3v) is 6.36. The van der Waals surface area contributed by atoms with Crippen LogP contribution in [0.3, 0.4) is 0 Å². The van der Waals surface area contributed by atoms with E-state index in [2.05, 4.69) is 22.5 Å². The molecule has 0 aliphatic carbocycles. The van der Waals surface area contributed by atoms with E-state index < -0.39 is 5.97 Å². The van der Waals surface area contributed by atoms with Crippen molar-refractivity contribution in [2.24, 2.45) is 0 Å². The van der Waals surface area contributed by atoms with Crippen LogP contribution in [0.25, 0.3) is 0 Å². The summed E-state index contributed by atoms with van der Waals surface area (Å²) in [5, 5.41) is 15.3. The third-order valence-electron chi connectivity index (χ3n) is 6.36. The second-order valence-electron chi connectivity index (χ2n) is 8.65. The van der Waals surface area contributed by atoms with Gasteiger partial charge in [-0.2, -0.15) is 0 Å². The van der Waals surface area contributed by atoms with E-state index in [0.29, 0.717) is 30.4 Å². The molecule has 8 heteroatoms. The Morgan fingerprint density at radius 1 is 1.09 bits per heavy atom. The van der Waals surface area contributed by atoms with Crippen LogP contribution in [0.1, 0.15) is 57.9 Å². The first kappa shape index (κ1) is 26.3. The highest BCUT2D eigenvalue weighted by atomic mass is 16.5. The maximum absolute atomic E-state index is 13.0. The summed E-state index contributed by atoms with van der Waals surface area (Å²) in [5.41, 5.74) is 3.15. The monoisotopic (exact) mass is 483 g/mol. The number of rotatable bonds is 11. The average Bonchev–Trinajstić information content (AvgIpc) is 2.85. The number of hydrogen-bond acceptors (Lipinski definition) is 5. The molecule has 1 fully saturated rings. The number of carbonyl (C=O) groups is 2. The second kappa shape index (κ2) is 13.0. The van der Waals surface area contributed by atoms with Crippen LogP contribution >= 0.6 is 0 Å². The second-order valence-corrected chi connectivity index (χ2v) is 8.65. The van der Waals surface area contributed by atoms with Crippen LogP contribution in [-0.2, 0) is 9.53 Å². The number of carbonyl (C=O) groups excluding carboxylic acids is 1. The Morgan fingerprint density at radius 2 is 1.80 bits per heavy atom. The summed E-state index contributed by atoms with van der Waals surface area (Å²) in [5.74, 6) is -0.219. The summed E-state index contributed by atoms with van der Waals surface area (Å²) in [6.07, 6.45) is 2.58. The Morgan fingerprint density at radius 3 is 2.40 bits per heavy atom. The molecule has 8 nitrogen and oxygen atoms in total. The number of benzene rings is 2. The van der Waals surface area contributed by atoms with Crippen molar-refractivity contribution in [3.8, 4) is 5.75 Å². The fourth-order valence-corrected chi connectivity index (χ4v) is 4.57. The van der Waals surface area contributed by atoms with Crippen molar-refractivity contribution in [2.45, 2.75) is 58.4 Å². The molecule has 0 saturated carbocycles. The van der Waals surface area contributed by atoms with E-state index in [4.69, 9.17) is 9.47 Å². The number of hydrogen-bond donors (Lipinski definition) is 3. The van der Waals surface area contributed by atoms with Crippen molar-refractivity contribution >= 4 is 29.1 Å². The molecule has 1 saturated heterocycles. The van der Waals surface area contributed by atoms with Gasteiger partial charge in [0.25, 0.3) is 0 Å². The summed E-state index contributed by atoms with van der Waals surface area (Å²) in [6, 6.07) is 13.1. The standard InChI is InChI=1S/C27H37N3O5/c1-4-19(18-26(31)32)20-7-12-25(30(5-2)22-13-15-34-16-14-22)24(17-20)29-27(33)28-21-8-10-23(11-9-21)35-6-3/h7-12,17,19,22H,4-6,13-16,18H2,1-3H3,(H,31,32)(H2,28,29,33)/t19-/m1/s1. The lowest BCUT2D eigenvalue weighted by Crippen LogP contribution is -2.40. The predicted molar refractivity (Wildman–Crippen MR) is 139 cm³/mol. The van der Waals surface area contributed by atoms with Gasteiger partial charge in [0, 0.05) is 31.5 Å². The lowest BCUT2D eigenvalue weighted by atomic mass is 9.92. The molecular formula is C27H37N3O5. The summed E-state index contributed by atoms with van der Waals surface area (Å²) in [6.45, 7) is 8.80. The van der Waals surface area contributed by atoms with Crippen LogP contribution in [0.4, 0.5) is 21.9 Å². The molecule has 0 aromatic heterocycles. The number of carboxylic acids is 1. The molecule has 2 amide bonds. The van der Waals surface area contributed by atoms with Crippen LogP contribution in [0.2, 0.25) is 0 Å². The molecule has 190 valence electrons. The largest absolute Gasteiger partial charge is 0.494 e. The molecule has 0 bridgehead atoms. The Balaban J connectivity index is 1.87. The number of nitrogens with zero attached hydrogens (tertiary/aromatic N) is 1. The van der Waals surface area contributed by atoms with Gasteiger partial charge in [0.1, 0.15) is 5.75 Å². The molecule has 0 radical (unpaired) electrons. The first-order chi connectivity index (χ1) is 16.9. The number of amides is 2. The van der Waals surface area contributed by atoms with Gasteiger partial charge in [-0.05, 0) is 81.0 Å². The molecular weight excluding hydrogens is 446 g/mol. The van der Waals surface area contributed by atoms with E-state index in [1.165, 1.54) is 0 Å². The molecule has 35 heavy (non-hydrogen) atoms. The van der Waals surface area contributed by atoms with Gasteiger partial charge in [-0.1, -0.05) is 13.0 Å². The van der Waals surface area contributed by atoms with Gasteiger partial charge in [0.15, 0.2) is 0 Å². The molecule has 3 rings (SSSR count). The average molecular weight is 484 g/mol. The fraction of sp³-hybridized carbons (Fsp3) is 0.481. The van der Waals surface area contributed by atoms with Gasteiger partial charge in [-0.25, -0.2) is 4.79 Å². The molecule has 1 heterocycles. The number of ether oxygens (including phenoxy) is 2. The van der Waals surface area contributed by atoms with Gasteiger partial charge in [0.2, 0.25) is 0 Å². The summed E-state index contributed by atoms with van der Waals surface area (Å²) in [4.78, 5) is 26.7. The molecule has 0 unspecified atom stereocenters. The van der Waals surface area contributed by atoms with Crippen molar-refractivity contribution in [3.63, 3.8) is 0 Å². The summed E-state index contributed by atoms with van der Waals surface area (Å²) in [7, 11) is 0. The topological polar surface area (TPSA) is 100 Å². The van der Waals surface area contributed by atoms with Crippen LogP contribution in [0.5, 0.6) is 5.75 Å². The van der Waals surface area contributed by atoms with Gasteiger partial charge >= 0.3 is 12.0 Å². The van der Waals surface area contributed by atoms with E-state index in [1.54, 1.807) is 12.1 Å². The van der Waals surface area contributed by atoms with Crippen molar-refractivity contribution in [3.05, 3.63) is 48.0 Å². The molecule has 1 atom stereocenters. The smallest absolute Gasteiger partial charge is 0.323 e. The highest BCUT2D eigenvalue weighted by Gasteiger charge is 2.24. The minimum absolute atomic E-state index is 0.0467. The van der Waals surface area contributed by atoms with Crippen LogP contribution in [0.15, 0.2) is 42.5 Å². The first-order valence-corrected chi connectivity index (χ1v) is 12.5. The van der Waals surface area contributed by atoms with Crippen molar-refractivity contribution in [2.75, 3.05) is 41.9 Å². The zero-order valence-electron chi connectivity index (χ0n) is 20.9. The Bertz CT molecular complexity index is 973. The Hall–Kier alpha value is -3.26. The van der Waals surface area contributed by atoms with E-state index in [1.807, 2.05) is 44.2 Å². The van der Waals surface area contributed by atoms with E-state index in [0.717, 1.165) is 49.6 Å². The molecule has 2 aromatic rings. The van der Waals surface area contributed by atoms with Gasteiger partial charge in [-0.15, -0.1) is 0 Å². The van der Waals surface area contributed by atoms with E-state index in [-0.39, 0.29) is 18.4 Å². The van der Waals surface area contributed by atoms with Gasteiger partial charge in [0.05, 0.1) is 24.4 Å². The number of aliphatic carboxylic acids is 1. The maximum atomic E-state index is 13.0. The van der Waals surface area contributed by atoms with Crippen LogP contribution in [-0.4, -0.2) is 49.5 Å². The van der Waals surface area contributed by atoms with Crippen molar-refractivity contribution in [1.29, 1.82) is 0 Å². The number of anilines is 3. The zero-order chi connectivity index (χ0) is 25.2. The number of nitrogens with one attached hydrogen (secondary N) is 2. The third kappa shape index (κ3) is 7.36. The lowest BCUT2D eigenvalue weighted by molar-refractivity contribution is -0.137. The lowest BCUT2D eigenvalue weighted by Gasteiger charge is -2.36. The molecule has 2 aromatic carbocycles. The predicted octanol–water partition coefficient (Wildman–Crippen LogP) is 5.70.